The van der Waals surface area contributed by atoms with Crippen molar-refractivity contribution >= 4 is 17.3 Å². The van der Waals surface area contributed by atoms with Crippen LogP contribution in [0.25, 0.3) is 0 Å². The number of methoxy groups -OCH3 is 1. The first-order valence-corrected chi connectivity index (χ1v) is 8.97. The van der Waals surface area contributed by atoms with E-state index in [9.17, 15) is 4.79 Å². The number of rotatable bonds is 6. The van der Waals surface area contributed by atoms with Gasteiger partial charge in [-0.15, -0.1) is 0 Å². The van der Waals surface area contributed by atoms with Gasteiger partial charge in [0, 0.05) is 26.7 Å². The summed E-state index contributed by atoms with van der Waals surface area (Å²) in [7, 11) is 1.63. The predicted molar refractivity (Wildman–Crippen MR) is 102 cm³/mol. The van der Waals surface area contributed by atoms with Crippen LogP contribution in [0.5, 0.6) is 0 Å². The fraction of sp³-hybridized carbons (Fsp3) is 0.381. The lowest BCUT2D eigenvalue weighted by Gasteiger charge is -2.27. The maximum Gasteiger partial charge on any atom is 0.229 e. The number of hydrogen-bond acceptors (Lipinski definition) is 3. The third kappa shape index (κ3) is 4.40. The number of carbonyl (C=O) groups is 1. The van der Waals surface area contributed by atoms with Gasteiger partial charge in [0.05, 0.1) is 24.4 Å². The highest BCUT2D eigenvalue weighted by Gasteiger charge is 2.24. The van der Waals surface area contributed by atoms with Crippen LogP contribution in [0.2, 0.25) is 0 Å². The Balaban J connectivity index is 1.77. The molecular formula is C21H26N2O2. The maximum absolute atomic E-state index is 12.6. The van der Waals surface area contributed by atoms with Crippen LogP contribution in [0.4, 0.5) is 11.4 Å². The van der Waals surface area contributed by atoms with Crippen LogP contribution in [-0.4, -0.2) is 39.3 Å². The summed E-state index contributed by atoms with van der Waals surface area (Å²) >= 11 is 0. The Kier molecular flexibility index (Phi) is 6.07. The van der Waals surface area contributed by atoms with E-state index in [1.54, 1.807) is 7.11 Å². The monoisotopic (exact) mass is 338 g/mol. The molecule has 1 aliphatic heterocycles. The van der Waals surface area contributed by atoms with Crippen molar-refractivity contribution in [3.05, 3.63) is 60.2 Å². The molecule has 0 radical (unpaired) electrons. The number of nitrogens with zero attached hydrogens (tertiary/aromatic N) is 2. The standard InChI is InChI=1S/C21H26N2O2/c1-25-17-13-21(24)23-15-7-14-22(19-10-5-6-11-20(19)23)16-12-18-8-3-2-4-9-18/h2-6,8-11H,7,12-17H2,1H3. The Labute approximate surface area is 150 Å². The van der Waals surface area contributed by atoms with Crippen molar-refractivity contribution in [3.8, 4) is 0 Å². The Morgan fingerprint density at radius 3 is 2.48 bits per heavy atom. The second-order valence-corrected chi connectivity index (χ2v) is 6.35. The molecule has 0 bridgehead atoms. The van der Waals surface area contributed by atoms with Gasteiger partial charge in [-0.05, 0) is 30.5 Å². The van der Waals surface area contributed by atoms with Gasteiger partial charge in [0.25, 0.3) is 0 Å². The topological polar surface area (TPSA) is 32.8 Å². The number of anilines is 2. The second kappa shape index (κ2) is 8.67. The molecule has 1 amide bonds. The van der Waals surface area contributed by atoms with Gasteiger partial charge in [-0.3, -0.25) is 4.79 Å². The zero-order valence-corrected chi connectivity index (χ0v) is 14.9. The van der Waals surface area contributed by atoms with Crippen LogP contribution < -0.4 is 9.80 Å². The molecule has 0 spiro atoms. The van der Waals surface area contributed by atoms with Gasteiger partial charge in [0.15, 0.2) is 0 Å². The smallest absolute Gasteiger partial charge is 0.229 e. The zero-order chi connectivity index (χ0) is 17.5. The molecule has 0 atom stereocenters. The molecule has 0 aliphatic carbocycles. The number of carbonyl (C=O) groups excluding carboxylic acids is 1. The van der Waals surface area contributed by atoms with E-state index in [2.05, 4.69) is 47.4 Å². The molecule has 132 valence electrons. The molecule has 1 aliphatic rings. The van der Waals surface area contributed by atoms with Crippen molar-refractivity contribution < 1.29 is 9.53 Å². The van der Waals surface area contributed by atoms with Crippen LogP contribution >= 0.6 is 0 Å². The summed E-state index contributed by atoms with van der Waals surface area (Å²) in [6.45, 7) is 3.16. The van der Waals surface area contributed by atoms with Gasteiger partial charge in [0.2, 0.25) is 5.91 Å². The van der Waals surface area contributed by atoms with Crippen molar-refractivity contribution in [1.82, 2.24) is 0 Å². The number of fused-ring (bicyclic) bond motifs is 1. The molecule has 1 heterocycles. The molecule has 0 unspecified atom stereocenters. The van der Waals surface area contributed by atoms with Gasteiger partial charge in [-0.25, -0.2) is 0 Å². The summed E-state index contributed by atoms with van der Waals surface area (Å²) in [5, 5.41) is 0. The van der Waals surface area contributed by atoms with E-state index in [4.69, 9.17) is 4.74 Å². The predicted octanol–water partition coefficient (Wildman–Crippen LogP) is 3.51. The third-order valence-electron chi connectivity index (χ3n) is 4.66. The van der Waals surface area contributed by atoms with Gasteiger partial charge >= 0.3 is 0 Å². The van der Waals surface area contributed by atoms with Crippen LogP contribution in [0.15, 0.2) is 54.6 Å². The van der Waals surface area contributed by atoms with Crippen molar-refractivity contribution in [3.63, 3.8) is 0 Å². The summed E-state index contributed by atoms with van der Waals surface area (Å²) in [6.07, 6.45) is 2.41. The lowest BCUT2D eigenvalue weighted by molar-refractivity contribution is -0.119. The average molecular weight is 338 g/mol. The summed E-state index contributed by atoms with van der Waals surface area (Å²) in [4.78, 5) is 16.9. The van der Waals surface area contributed by atoms with Crippen molar-refractivity contribution in [1.29, 1.82) is 0 Å². The molecule has 2 aromatic carbocycles. The van der Waals surface area contributed by atoms with Gasteiger partial charge in [0.1, 0.15) is 0 Å². The Bertz CT molecular complexity index is 687. The number of ether oxygens (including phenoxy) is 1. The highest BCUT2D eigenvalue weighted by atomic mass is 16.5. The summed E-state index contributed by atoms with van der Waals surface area (Å²) in [5.41, 5.74) is 3.52. The van der Waals surface area contributed by atoms with E-state index in [1.807, 2.05) is 17.0 Å². The molecular weight excluding hydrogens is 312 g/mol. The minimum absolute atomic E-state index is 0.138. The molecule has 0 N–H and O–H groups in total. The lowest BCUT2D eigenvalue weighted by atomic mass is 10.1. The Hall–Kier alpha value is -2.33. The van der Waals surface area contributed by atoms with Crippen LogP contribution in [0, 0.1) is 0 Å². The fourth-order valence-electron chi connectivity index (χ4n) is 3.34. The van der Waals surface area contributed by atoms with Crippen molar-refractivity contribution in [2.45, 2.75) is 19.3 Å². The maximum atomic E-state index is 12.6. The normalized spacial score (nSPS) is 14.1. The highest BCUT2D eigenvalue weighted by Crippen LogP contribution is 2.32. The SMILES string of the molecule is COCCC(=O)N1CCCN(CCc2ccccc2)c2ccccc21. The van der Waals surface area contributed by atoms with Gasteiger partial charge < -0.3 is 14.5 Å². The summed E-state index contributed by atoms with van der Waals surface area (Å²) in [5.74, 6) is 0.138. The van der Waals surface area contributed by atoms with E-state index in [-0.39, 0.29) is 5.91 Å². The quantitative estimate of drug-likeness (QED) is 0.808. The Morgan fingerprint density at radius 2 is 1.72 bits per heavy atom. The number of para-hydroxylation sites is 2. The molecule has 4 heteroatoms. The molecule has 0 saturated heterocycles. The minimum atomic E-state index is 0.138. The largest absolute Gasteiger partial charge is 0.384 e. The summed E-state index contributed by atoms with van der Waals surface area (Å²) in [6, 6.07) is 18.8. The molecule has 0 aromatic heterocycles. The fourth-order valence-corrected chi connectivity index (χ4v) is 3.34. The number of amides is 1. The van der Waals surface area contributed by atoms with E-state index < -0.39 is 0 Å². The summed E-state index contributed by atoms with van der Waals surface area (Å²) < 4.78 is 5.07. The molecule has 0 fully saturated rings. The zero-order valence-electron chi connectivity index (χ0n) is 14.9. The second-order valence-electron chi connectivity index (χ2n) is 6.35. The van der Waals surface area contributed by atoms with E-state index >= 15 is 0 Å². The average Bonchev–Trinajstić information content (AvgIpc) is 2.85. The molecule has 4 nitrogen and oxygen atoms in total. The first-order chi connectivity index (χ1) is 12.3. The molecule has 3 rings (SSSR count). The van der Waals surface area contributed by atoms with Gasteiger partial charge in [-0.1, -0.05) is 42.5 Å². The first kappa shape index (κ1) is 17.5. The van der Waals surface area contributed by atoms with Gasteiger partial charge in [-0.2, -0.15) is 0 Å². The lowest BCUT2D eigenvalue weighted by Crippen LogP contribution is -2.32. The third-order valence-corrected chi connectivity index (χ3v) is 4.66. The molecule has 2 aromatic rings. The van der Waals surface area contributed by atoms with Crippen molar-refractivity contribution in [2.75, 3.05) is 43.2 Å². The van der Waals surface area contributed by atoms with Crippen LogP contribution in [0.3, 0.4) is 0 Å². The van der Waals surface area contributed by atoms with Crippen LogP contribution in [-0.2, 0) is 16.0 Å². The minimum Gasteiger partial charge on any atom is -0.384 e. The number of benzene rings is 2. The molecule has 0 saturated carbocycles. The van der Waals surface area contributed by atoms with Crippen LogP contribution in [0.1, 0.15) is 18.4 Å². The van der Waals surface area contributed by atoms with E-state index in [0.717, 1.165) is 43.9 Å². The first-order valence-electron chi connectivity index (χ1n) is 8.97. The Morgan fingerprint density at radius 1 is 1.00 bits per heavy atom. The van der Waals surface area contributed by atoms with E-state index in [0.29, 0.717) is 13.0 Å². The molecule has 25 heavy (non-hydrogen) atoms. The highest BCUT2D eigenvalue weighted by molar-refractivity contribution is 5.97. The van der Waals surface area contributed by atoms with Crippen molar-refractivity contribution in [2.24, 2.45) is 0 Å². The number of hydrogen-bond donors (Lipinski definition) is 0. The van der Waals surface area contributed by atoms with E-state index in [1.165, 1.54) is 5.56 Å².